The topological polar surface area (TPSA) is 102 Å². The summed E-state index contributed by atoms with van der Waals surface area (Å²) in [4.78, 5) is 4.75. The minimum atomic E-state index is -3.67. The first-order chi connectivity index (χ1) is 11.8. The van der Waals surface area contributed by atoms with Crippen molar-refractivity contribution in [2.75, 3.05) is 5.32 Å². The molecule has 7 nitrogen and oxygen atoms in total. The molecule has 0 aliphatic rings. The van der Waals surface area contributed by atoms with Crippen molar-refractivity contribution < 1.29 is 8.42 Å². The van der Waals surface area contributed by atoms with E-state index >= 15 is 0 Å². The van der Waals surface area contributed by atoms with Crippen molar-refractivity contribution in [1.82, 2.24) is 14.6 Å². The second kappa shape index (κ2) is 6.45. The molecule has 3 N–H and O–H groups in total. The summed E-state index contributed by atoms with van der Waals surface area (Å²) >= 11 is 0. The minimum absolute atomic E-state index is 0.106. The molecule has 2 heterocycles. The molecule has 25 heavy (non-hydrogen) atoms. The van der Waals surface area contributed by atoms with Crippen molar-refractivity contribution in [2.45, 2.75) is 38.6 Å². The standard InChI is InChI=1S/C17H21N5O2S/c1-4-14-9-16(22-17(20-14)11(2)12(3)21-22)19-10-13-5-7-15(8-6-13)25(18,23)24/h5-9,19H,4,10H2,1-3H3,(H2,18,23,24). The molecule has 0 aliphatic carbocycles. The number of nitrogens with zero attached hydrogens (tertiary/aromatic N) is 3. The molecule has 3 aromatic rings. The van der Waals surface area contributed by atoms with Gasteiger partial charge in [-0.3, -0.25) is 0 Å². The van der Waals surface area contributed by atoms with Gasteiger partial charge in [-0.15, -0.1) is 0 Å². The van der Waals surface area contributed by atoms with Crippen LogP contribution in [0.4, 0.5) is 5.82 Å². The van der Waals surface area contributed by atoms with Gasteiger partial charge in [0.2, 0.25) is 10.0 Å². The van der Waals surface area contributed by atoms with E-state index in [0.29, 0.717) is 6.54 Å². The molecule has 1 aromatic carbocycles. The third-order valence-corrected chi connectivity index (χ3v) is 5.13. The molecule has 0 atom stereocenters. The summed E-state index contributed by atoms with van der Waals surface area (Å²) in [5, 5.41) is 13.0. The molecule has 0 bridgehead atoms. The molecule has 8 heteroatoms. The van der Waals surface area contributed by atoms with Gasteiger partial charge in [-0.2, -0.15) is 9.61 Å². The Hall–Kier alpha value is -2.45. The van der Waals surface area contributed by atoms with Crippen LogP contribution in [0.3, 0.4) is 0 Å². The monoisotopic (exact) mass is 359 g/mol. The van der Waals surface area contributed by atoms with Crippen molar-refractivity contribution >= 4 is 21.5 Å². The number of nitrogens with two attached hydrogens (primary N) is 1. The maximum atomic E-state index is 11.3. The van der Waals surface area contributed by atoms with E-state index in [2.05, 4.69) is 22.3 Å². The maximum Gasteiger partial charge on any atom is 0.238 e. The SMILES string of the molecule is CCc1cc(NCc2ccc(S(N)(=O)=O)cc2)n2nc(C)c(C)c2n1. The third kappa shape index (κ3) is 3.49. The van der Waals surface area contributed by atoms with E-state index in [-0.39, 0.29) is 4.90 Å². The van der Waals surface area contributed by atoms with Gasteiger partial charge in [0.15, 0.2) is 5.65 Å². The first-order valence-corrected chi connectivity index (χ1v) is 9.55. The highest BCUT2D eigenvalue weighted by molar-refractivity contribution is 7.89. The van der Waals surface area contributed by atoms with Crippen molar-refractivity contribution in [1.29, 1.82) is 0 Å². The summed E-state index contributed by atoms with van der Waals surface area (Å²) in [6.45, 7) is 6.57. The minimum Gasteiger partial charge on any atom is -0.366 e. The predicted octanol–water partition coefficient (Wildman–Crippen LogP) is 2.17. The lowest BCUT2D eigenvalue weighted by molar-refractivity contribution is 0.598. The number of aryl methyl sites for hydroxylation is 3. The summed E-state index contributed by atoms with van der Waals surface area (Å²) in [5.74, 6) is 0.855. The van der Waals surface area contributed by atoms with Gasteiger partial charge < -0.3 is 5.32 Å². The van der Waals surface area contributed by atoms with Gasteiger partial charge in [-0.25, -0.2) is 18.5 Å². The van der Waals surface area contributed by atoms with Crippen LogP contribution in [0.2, 0.25) is 0 Å². The largest absolute Gasteiger partial charge is 0.366 e. The highest BCUT2D eigenvalue weighted by atomic mass is 32.2. The summed E-state index contributed by atoms with van der Waals surface area (Å²) in [6.07, 6.45) is 0.831. The van der Waals surface area contributed by atoms with Gasteiger partial charge in [-0.05, 0) is 38.0 Å². The maximum absolute atomic E-state index is 11.3. The molecule has 0 saturated heterocycles. The Balaban J connectivity index is 1.89. The molecule has 0 saturated carbocycles. The highest BCUT2D eigenvalue weighted by Crippen LogP contribution is 2.19. The number of hydrogen-bond acceptors (Lipinski definition) is 5. The number of nitrogens with one attached hydrogen (secondary N) is 1. The number of primary sulfonamides is 1. The Bertz CT molecular complexity index is 1020. The lowest BCUT2D eigenvalue weighted by Crippen LogP contribution is -2.12. The Labute approximate surface area is 146 Å². The molecule has 132 valence electrons. The van der Waals surface area contributed by atoms with Crippen LogP contribution in [0.5, 0.6) is 0 Å². The van der Waals surface area contributed by atoms with Gasteiger partial charge in [0.05, 0.1) is 10.6 Å². The van der Waals surface area contributed by atoms with Crippen LogP contribution in [-0.2, 0) is 23.0 Å². The zero-order valence-corrected chi connectivity index (χ0v) is 15.3. The number of rotatable bonds is 5. The van der Waals surface area contributed by atoms with Gasteiger partial charge >= 0.3 is 0 Å². The number of aromatic nitrogens is 3. The zero-order valence-electron chi connectivity index (χ0n) is 14.4. The first-order valence-electron chi connectivity index (χ1n) is 8.01. The van der Waals surface area contributed by atoms with E-state index in [1.54, 1.807) is 12.1 Å². The van der Waals surface area contributed by atoms with E-state index in [9.17, 15) is 8.42 Å². The molecule has 0 fully saturated rings. The van der Waals surface area contributed by atoms with Gasteiger partial charge in [0, 0.05) is 23.9 Å². The van der Waals surface area contributed by atoms with Gasteiger partial charge in [0.25, 0.3) is 0 Å². The Morgan fingerprint density at radius 1 is 1.20 bits per heavy atom. The number of hydrogen-bond donors (Lipinski definition) is 2. The molecule has 3 rings (SSSR count). The van der Waals surface area contributed by atoms with E-state index in [1.165, 1.54) is 12.1 Å². The van der Waals surface area contributed by atoms with E-state index < -0.39 is 10.0 Å². The van der Waals surface area contributed by atoms with Crippen LogP contribution >= 0.6 is 0 Å². The molecular weight excluding hydrogens is 338 g/mol. The summed E-state index contributed by atoms with van der Waals surface area (Å²) in [7, 11) is -3.67. The van der Waals surface area contributed by atoms with Crippen LogP contribution < -0.4 is 10.5 Å². The van der Waals surface area contributed by atoms with Crippen molar-refractivity contribution in [3.8, 4) is 0 Å². The molecule has 0 spiro atoms. The van der Waals surface area contributed by atoms with E-state index in [0.717, 1.165) is 40.4 Å². The van der Waals surface area contributed by atoms with Crippen molar-refractivity contribution in [3.05, 3.63) is 52.8 Å². The van der Waals surface area contributed by atoms with Crippen molar-refractivity contribution in [2.24, 2.45) is 5.14 Å². The Morgan fingerprint density at radius 2 is 1.88 bits per heavy atom. The van der Waals surface area contributed by atoms with E-state index in [1.807, 2.05) is 24.4 Å². The molecule has 0 aliphatic heterocycles. The number of anilines is 1. The average molecular weight is 359 g/mol. The molecule has 0 radical (unpaired) electrons. The van der Waals surface area contributed by atoms with Crippen LogP contribution in [0.1, 0.15) is 29.4 Å². The summed E-state index contributed by atoms with van der Waals surface area (Å²) in [5.41, 5.74) is 4.79. The average Bonchev–Trinajstić information content (AvgIpc) is 2.87. The fourth-order valence-electron chi connectivity index (χ4n) is 2.58. The molecule has 2 aromatic heterocycles. The summed E-state index contributed by atoms with van der Waals surface area (Å²) in [6, 6.07) is 8.48. The smallest absolute Gasteiger partial charge is 0.238 e. The quantitative estimate of drug-likeness (QED) is 0.727. The Morgan fingerprint density at radius 3 is 2.48 bits per heavy atom. The third-order valence-electron chi connectivity index (χ3n) is 4.20. The van der Waals surface area contributed by atoms with Crippen LogP contribution in [0.15, 0.2) is 35.2 Å². The Kier molecular flexibility index (Phi) is 4.49. The van der Waals surface area contributed by atoms with Crippen molar-refractivity contribution in [3.63, 3.8) is 0 Å². The number of benzene rings is 1. The first kappa shape index (κ1) is 17.4. The van der Waals surface area contributed by atoms with Crippen LogP contribution in [-0.4, -0.2) is 23.0 Å². The van der Waals surface area contributed by atoms with E-state index in [4.69, 9.17) is 5.14 Å². The predicted molar refractivity (Wildman–Crippen MR) is 97.0 cm³/mol. The van der Waals surface area contributed by atoms with Crippen LogP contribution in [0, 0.1) is 13.8 Å². The van der Waals surface area contributed by atoms with Crippen LogP contribution in [0.25, 0.3) is 5.65 Å². The second-order valence-corrected chi connectivity index (χ2v) is 7.54. The molecule has 0 unspecified atom stereocenters. The number of sulfonamides is 1. The zero-order chi connectivity index (χ0) is 18.2. The lowest BCUT2D eigenvalue weighted by atomic mass is 10.2. The second-order valence-electron chi connectivity index (χ2n) is 5.97. The highest BCUT2D eigenvalue weighted by Gasteiger charge is 2.12. The fraction of sp³-hybridized carbons (Fsp3) is 0.294. The number of fused-ring (bicyclic) bond motifs is 1. The fourth-order valence-corrected chi connectivity index (χ4v) is 3.09. The normalized spacial score (nSPS) is 11.8. The summed E-state index contributed by atoms with van der Waals surface area (Å²) < 4.78 is 24.4. The van der Waals surface area contributed by atoms with Gasteiger partial charge in [0.1, 0.15) is 5.82 Å². The molecular formula is C17H21N5O2S. The van der Waals surface area contributed by atoms with Gasteiger partial charge in [-0.1, -0.05) is 19.1 Å². The lowest BCUT2D eigenvalue weighted by Gasteiger charge is -2.10. The molecule has 0 amide bonds.